The number of rotatable bonds is 7. The van der Waals surface area contributed by atoms with Gasteiger partial charge in [0.25, 0.3) is 0 Å². The Morgan fingerprint density at radius 3 is 2.33 bits per heavy atom. The minimum Gasteiger partial charge on any atom is -0.497 e. The highest BCUT2D eigenvalue weighted by Crippen LogP contribution is 2.13. The largest absolute Gasteiger partial charge is 0.497 e. The summed E-state index contributed by atoms with van der Waals surface area (Å²) in [7, 11) is 1.71. The van der Waals surface area contributed by atoms with E-state index in [9.17, 15) is 0 Å². The molecule has 21 heavy (non-hydrogen) atoms. The molecule has 0 saturated carbocycles. The Hall–Kier alpha value is -1.06. The maximum absolute atomic E-state index is 5.20. The van der Waals surface area contributed by atoms with E-state index in [0.717, 1.165) is 12.2 Å². The molecule has 3 nitrogen and oxygen atoms in total. The van der Waals surface area contributed by atoms with Crippen LogP contribution in [0.1, 0.15) is 38.7 Å². The number of methoxy groups -OCH3 is 1. The molecule has 1 aromatic carbocycles. The molecule has 2 atom stereocenters. The molecule has 2 rings (SSSR count). The van der Waals surface area contributed by atoms with Gasteiger partial charge >= 0.3 is 0 Å². The maximum atomic E-state index is 5.20. The number of likely N-dealkylation sites (tertiary alicyclic amines) is 1. The summed E-state index contributed by atoms with van der Waals surface area (Å²) in [5, 5.41) is 3.73. The molecule has 1 fully saturated rings. The Bertz CT molecular complexity index is 398. The van der Waals surface area contributed by atoms with Gasteiger partial charge in [-0.15, -0.1) is 0 Å². The lowest BCUT2D eigenvalue weighted by molar-refractivity contribution is 0.205. The van der Waals surface area contributed by atoms with Crippen LogP contribution in [0.4, 0.5) is 0 Å². The monoisotopic (exact) mass is 290 g/mol. The molecule has 1 aliphatic heterocycles. The Morgan fingerprint density at radius 1 is 1.05 bits per heavy atom. The van der Waals surface area contributed by atoms with Gasteiger partial charge in [-0.1, -0.05) is 18.6 Å². The highest BCUT2D eigenvalue weighted by Gasteiger charge is 2.14. The van der Waals surface area contributed by atoms with Crippen LogP contribution in [0, 0.1) is 0 Å². The molecule has 1 aromatic rings. The first kappa shape index (κ1) is 16.3. The van der Waals surface area contributed by atoms with Crippen molar-refractivity contribution in [2.45, 2.75) is 51.6 Å². The minimum absolute atomic E-state index is 0.498. The quantitative estimate of drug-likeness (QED) is 0.835. The molecule has 118 valence electrons. The summed E-state index contributed by atoms with van der Waals surface area (Å²) in [5.41, 5.74) is 1.36. The standard InChI is InChI=1S/C18H30N2O/c1-15(13-17-7-9-18(21-3)10-8-17)19-16(2)14-20-11-5-4-6-12-20/h7-10,15-16,19H,4-6,11-14H2,1-3H3. The second kappa shape index (κ2) is 8.40. The fourth-order valence-electron chi connectivity index (χ4n) is 3.24. The van der Waals surface area contributed by atoms with Gasteiger partial charge in [0.05, 0.1) is 7.11 Å². The van der Waals surface area contributed by atoms with E-state index in [1.165, 1.54) is 44.5 Å². The van der Waals surface area contributed by atoms with Crippen molar-refractivity contribution in [2.75, 3.05) is 26.7 Å². The van der Waals surface area contributed by atoms with Gasteiger partial charge in [-0.2, -0.15) is 0 Å². The average Bonchev–Trinajstić information content (AvgIpc) is 2.48. The molecule has 2 unspecified atom stereocenters. The zero-order chi connectivity index (χ0) is 15.1. The van der Waals surface area contributed by atoms with Crippen molar-refractivity contribution >= 4 is 0 Å². The highest BCUT2D eigenvalue weighted by atomic mass is 16.5. The van der Waals surface area contributed by atoms with E-state index in [4.69, 9.17) is 4.74 Å². The summed E-state index contributed by atoms with van der Waals surface area (Å²) < 4.78 is 5.20. The van der Waals surface area contributed by atoms with E-state index < -0.39 is 0 Å². The molecule has 3 heteroatoms. The van der Waals surface area contributed by atoms with Crippen molar-refractivity contribution in [3.05, 3.63) is 29.8 Å². The number of nitrogens with zero attached hydrogens (tertiary/aromatic N) is 1. The summed E-state index contributed by atoms with van der Waals surface area (Å²) in [6.07, 6.45) is 5.21. The van der Waals surface area contributed by atoms with Crippen LogP contribution in [-0.2, 0) is 6.42 Å². The lowest BCUT2D eigenvalue weighted by Gasteiger charge is -2.30. The van der Waals surface area contributed by atoms with Crippen LogP contribution in [0.25, 0.3) is 0 Å². The van der Waals surface area contributed by atoms with Crippen molar-refractivity contribution in [1.82, 2.24) is 10.2 Å². The van der Waals surface area contributed by atoms with Crippen LogP contribution in [0.2, 0.25) is 0 Å². The van der Waals surface area contributed by atoms with Crippen LogP contribution in [0.5, 0.6) is 5.75 Å². The van der Waals surface area contributed by atoms with Crippen LogP contribution < -0.4 is 10.1 Å². The third-order valence-corrected chi connectivity index (χ3v) is 4.25. The number of hydrogen-bond acceptors (Lipinski definition) is 3. The van der Waals surface area contributed by atoms with Crippen molar-refractivity contribution in [2.24, 2.45) is 0 Å². The first-order valence-electron chi connectivity index (χ1n) is 8.28. The third-order valence-electron chi connectivity index (χ3n) is 4.25. The SMILES string of the molecule is COc1ccc(CC(C)NC(C)CN2CCCCC2)cc1. The topological polar surface area (TPSA) is 24.5 Å². The van der Waals surface area contributed by atoms with Gasteiger partial charge in [-0.25, -0.2) is 0 Å². The lowest BCUT2D eigenvalue weighted by Crippen LogP contribution is -2.45. The van der Waals surface area contributed by atoms with E-state index in [0.29, 0.717) is 12.1 Å². The molecule has 0 radical (unpaired) electrons. The average molecular weight is 290 g/mol. The summed E-state index contributed by atoms with van der Waals surface area (Å²) >= 11 is 0. The van der Waals surface area contributed by atoms with Gasteiger partial charge in [0.15, 0.2) is 0 Å². The second-order valence-electron chi connectivity index (χ2n) is 6.38. The maximum Gasteiger partial charge on any atom is 0.118 e. The second-order valence-corrected chi connectivity index (χ2v) is 6.38. The number of hydrogen-bond donors (Lipinski definition) is 1. The van der Waals surface area contributed by atoms with Crippen molar-refractivity contribution in [3.8, 4) is 5.75 Å². The Labute approximate surface area is 129 Å². The zero-order valence-electron chi connectivity index (χ0n) is 13.8. The lowest BCUT2D eigenvalue weighted by atomic mass is 10.1. The molecule has 0 spiro atoms. The predicted octanol–water partition coefficient (Wildman–Crippen LogP) is 3.09. The summed E-state index contributed by atoms with van der Waals surface area (Å²) in [6.45, 7) is 8.31. The number of benzene rings is 1. The third kappa shape index (κ3) is 5.68. The minimum atomic E-state index is 0.498. The first-order valence-corrected chi connectivity index (χ1v) is 8.28. The first-order chi connectivity index (χ1) is 10.2. The fraction of sp³-hybridized carbons (Fsp3) is 0.667. The van der Waals surface area contributed by atoms with Crippen LogP contribution in [0.15, 0.2) is 24.3 Å². The van der Waals surface area contributed by atoms with Gasteiger partial charge in [0.1, 0.15) is 5.75 Å². The zero-order valence-corrected chi connectivity index (χ0v) is 13.8. The van der Waals surface area contributed by atoms with Crippen LogP contribution in [0.3, 0.4) is 0 Å². The summed E-state index contributed by atoms with van der Waals surface area (Å²) in [5.74, 6) is 0.929. The van der Waals surface area contributed by atoms with E-state index in [2.05, 4.69) is 36.2 Å². The smallest absolute Gasteiger partial charge is 0.118 e. The van der Waals surface area contributed by atoms with Gasteiger partial charge in [-0.05, 0) is 63.9 Å². The fourth-order valence-corrected chi connectivity index (χ4v) is 3.24. The molecule has 0 aliphatic carbocycles. The molecule has 1 N–H and O–H groups in total. The van der Waals surface area contributed by atoms with E-state index >= 15 is 0 Å². The van der Waals surface area contributed by atoms with E-state index in [1.54, 1.807) is 7.11 Å². The van der Waals surface area contributed by atoms with Crippen LogP contribution >= 0.6 is 0 Å². The Kier molecular flexibility index (Phi) is 6.52. The van der Waals surface area contributed by atoms with E-state index in [-0.39, 0.29) is 0 Å². The van der Waals surface area contributed by atoms with Gasteiger partial charge in [0.2, 0.25) is 0 Å². The molecule has 0 bridgehead atoms. The number of ether oxygens (including phenoxy) is 1. The molecule has 1 saturated heterocycles. The molecule has 1 aliphatic rings. The highest BCUT2D eigenvalue weighted by molar-refractivity contribution is 5.27. The number of piperidine rings is 1. The molecular formula is C18H30N2O. The molecule has 1 heterocycles. The van der Waals surface area contributed by atoms with Crippen molar-refractivity contribution < 1.29 is 4.74 Å². The molecule has 0 amide bonds. The number of nitrogens with one attached hydrogen (secondary N) is 1. The predicted molar refractivity (Wildman–Crippen MR) is 89.0 cm³/mol. The van der Waals surface area contributed by atoms with Crippen LogP contribution in [-0.4, -0.2) is 43.7 Å². The van der Waals surface area contributed by atoms with Gasteiger partial charge in [0, 0.05) is 18.6 Å². The van der Waals surface area contributed by atoms with Crippen molar-refractivity contribution in [3.63, 3.8) is 0 Å². The van der Waals surface area contributed by atoms with E-state index in [1.807, 2.05) is 12.1 Å². The van der Waals surface area contributed by atoms with Crippen molar-refractivity contribution in [1.29, 1.82) is 0 Å². The van der Waals surface area contributed by atoms with Gasteiger partial charge < -0.3 is 15.0 Å². The Morgan fingerprint density at radius 2 is 1.71 bits per heavy atom. The Balaban J connectivity index is 1.73. The van der Waals surface area contributed by atoms with Gasteiger partial charge in [-0.3, -0.25) is 0 Å². The normalized spacial score (nSPS) is 19.2. The molecule has 0 aromatic heterocycles. The molecular weight excluding hydrogens is 260 g/mol. The summed E-state index contributed by atoms with van der Waals surface area (Å²) in [6, 6.07) is 9.45. The summed E-state index contributed by atoms with van der Waals surface area (Å²) in [4.78, 5) is 2.60.